The number of nitrogens with zero attached hydrogens (tertiary/aromatic N) is 5. The van der Waals surface area contributed by atoms with Crippen LogP contribution in [0.15, 0.2) is 6.33 Å². The van der Waals surface area contributed by atoms with Crippen LogP contribution in [-0.2, 0) is 0 Å². The Morgan fingerprint density at radius 2 is 2.07 bits per heavy atom. The first kappa shape index (κ1) is 10.5. The number of anilines is 1. The van der Waals surface area contributed by atoms with Crippen LogP contribution >= 0.6 is 0 Å². The molecule has 2 rings (SSSR count). The van der Waals surface area contributed by atoms with Gasteiger partial charge < -0.3 is 14.3 Å². The molecule has 1 aliphatic heterocycles. The number of nitrogens with one attached hydrogen (secondary N) is 1. The number of H-pyrrole nitrogens is 1. The van der Waals surface area contributed by atoms with E-state index < -0.39 is 0 Å². The van der Waals surface area contributed by atoms with E-state index in [0.29, 0.717) is 14.0 Å². The van der Waals surface area contributed by atoms with Gasteiger partial charge in [0.15, 0.2) is 0 Å². The molecule has 0 spiro atoms. The van der Waals surface area contributed by atoms with Gasteiger partial charge in [0, 0.05) is 0 Å². The summed E-state index contributed by atoms with van der Waals surface area (Å²) in [5.74, 6) is 0.827. The second-order valence-corrected chi connectivity index (χ2v) is 4.11. The van der Waals surface area contributed by atoms with Gasteiger partial charge in [0.2, 0.25) is 5.95 Å². The van der Waals surface area contributed by atoms with Gasteiger partial charge in [-0.25, -0.2) is 10.1 Å². The van der Waals surface area contributed by atoms with Gasteiger partial charge in [0.25, 0.3) is 6.98 Å². The molecule has 8 heteroatoms. The maximum atomic E-state index is 4.19. The lowest BCUT2D eigenvalue weighted by Crippen LogP contribution is -2.67. The van der Waals surface area contributed by atoms with E-state index in [-0.39, 0.29) is 0 Å². The molecular formula is C7H16B2N6. The van der Waals surface area contributed by atoms with Crippen molar-refractivity contribution in [2.45, 2.75) is 13.6 Å². The number of hydrogen-bond donors (Lipinski definition) is 1. The molecule has 0 atom stereocenters. The Kier molecular flexibility index (Phi) is 2.70. The maximum Gasteiger partial charge on any atom is 0.332 e. The highest BCUT2D eigenvalue weighted by atomic mass is 15.4. The van der Waals surface area contributed by atoms with Crippen molar-refractivity contribution in [2.24, 2.45) is 0 Å². The van der Waals surface area contributed by atoms with E-state index in [1.807, 2.05) is 0 Å². The van der Waals surface area contributed by atoms with Crippen LogP contribution in [0.4, 0.5) is 5.95 Å². The van der Waals surface area contributed by atoms with E-state index in [0.717, 1.165) is 12.6 Å². The van der Waals surface area contributed by atoms with Crippen LogP contribution in [-0.4, -0.2) is 59.4 Å². The number of hydrogen-bond acceptors (Lipinski definition) is 5. The highest BCUT2D eigenvalue weighted by Crippen LogP contribution is 2.16. The quantitative estimate of drug-likeness (QED) is 0.638. The molecule has 1 N–H and O–H groups in total. The largest absolute Gasteiger partial charge is 0.359 e. The SMILES string of the molecule is CB1N(C)CN(c2ncn[nH]2)B(C)N1C. The molecule has 1 aromatic heterocycles. The Balaban J connectivity index is 2.20. The van der Waals surface area contributed by atoms with Gasteiger partial charge in [-0.3, -0.25) is 0 Å². The van der Waals surface area contributed by atoms with E-state index in [4.69, 9.17) is 0 Å². The van der Waals surface area contributed by atoms with Crippen LogP contribution in [0.2, 0.25) is 13.6 Å². The van der Waals surface area contributed by atoms with E-state index in [2.05, 4.69) is 57.3 Å². The fraction of sp³-hybridized carbons (Fsp3) is 0.714. The summed E-state index contributed by atoms with van der Waals surface area (Å²) in [6.07, 6.45) is 1.54. The van der Waals surface area contributed by atoms with Gasteiger partial charge in [0.1, 0.15) is 6.33 Å². The van der Waals surface area contributed by atoms with Crippen LogP contribution < -0.4 is 4.81 Å². The number of rotatable bonds is 1. The fourth-order valence-corrected chi connectivity index (χ4v) is 1.90. The van der Waals surface area contributed by atoms with Crippen molar-refractivity contribution < 1.29 is 0 Å². The molecule has 0 radical (unpaired) electrons. The van der Waals surface area contributed by atoms with Crippen molar-refractivity contribution in [3.8, 4) is 0 Å². The monoisotopic (exact) mass is 206 g/mol. The van der Waals surface area contributed by atoms with Crippen LogP contribution in [0.3, 0.4) is 0 Å². The van der Waals surface area contributed by atoms with Crippen LogP contribution in [0.25, 0.3) is 0 Å². The van der Waals surface area contributed by atoms with Gasteiger partial charge in [0.05, 0.1) is 6.67 Å². The first-order chi connectivity index (χ1) is 7.11. The minimum Gasteiger partial charge on any atom is -0.359 e. The lowest BCUT2D eigenvalue weighted by molar-refractivity contribution is 0.465. The topological polar surface area (TPSA) is 51.3 Å². The van der Waals surface area contributed by atoms with Crippen molar-refractivity contribution in [1.82, 2.24) is 24.7 Å². The number of aromatic nitrogens is 3. The molecule has 2 heterocycles. The molecule has 0 aromatic carbocycles. The van der Waals surface area contributed by atoms with Crippen molar-refractivity contribution in [3.63, 3.8) is 0 Å². The molecule has 15 heavy (non-hydrogen) atoms. The lowest BCUT2D eigenvalue weighted by atomic mass is 9.59. The molecule has 0 saturated carbocycles. The summed E-state index contributed by atoms with van der Waals surface area (Å²) in [5.41, 5.74) is 0. The Morgan fingerprint density at radius 3 is 2.67 bits per heavy atom. The summed E-state index contributed by atoms with van der Waals surface area (Å²) in [5, 5.41) is 6.79. The van der Waals surface area contributed by atoms with Crippen LogP contribution in [0.1, 0.15) is 0 Å². The molecule has 6 nitrogen and oxygen atoms in total. The Bertz CT molecular complexity index is 317. The van der Waals surface area contributed by atoms with E-state index in [9.17, 15) is 0 Å². The predicted octanol–water partition coefficient (Wildman–Crippen LogP) is -0.318. The van der Waals surface area contributed by atoms with Gasteiger partial charge in [-0.1, -0.05) is 13.6 Å². The molecule has 1 fully saturated rings. The average Bonchev–Trinajstić information content (AvgIpc) is 2.73. The second kappa shape index (κ2) is 3.86. The average molecular weight is 206 g/mol. The van der Waals surface area contributed by atoms with Gasteiger partial charge in [-0.15, -0.1) is 0 Å². The van der Waals surface area contributed by atoms with E-state index in [1.165, 1.54) is 0 Å². The van der Waals surface area contributed by atoms with Crippen LogP contribution in [0.5, 0.6) is 0 Å². The normalized spacial score (nSPS) is 20.1. The fourth-order valence-electron chi connectivity index (χ4n) is 1.90. The smallest absolute Gasteiger partial charge is 0.332 e. The molecule has 0 unspecified atom stereocenters. The van der Waals surface area contributed by atoms with Gasteiger partial charge in [-0.05, 0) is 14.1 Å². The Morgan fingerprint density at radius 1 is 1.33 bits per heavy atom. The molecule has 0 bridgehead atoms. The third-order valence-corrected chi connectivity index (χ3v) is 3.32. The predicted molar refractivity (Wildman–Crippen MR) is 62.5 cm³/mol. The molecule has 80 valence electrons. The molecule has 0 aliphatic carbocycles. The van der Waals surface area contributed by atoms with Gasteiger partial charge in [-0.2, -0.15) is 5.10 Å². The lowest BCUT2D eigenvalue weighted by Gasteiger charge is -2.45. The molecule has 0 amide bonds. The number of aromatic amines is 1. The summed E-state index contributed by atoms with van der Waals surface area (Å²) in [6, 6.07) is 0. The maximum absolute atomic E-state index is 4.19. The first-order valence-corrected chi connectivity index (χ1v) is 5.15. The van der Waals surface area contributed by atoms with Crippen molar-refractivity contribution in [1.29, 1.82) is 0 Å². The third-order valence-electron chi connectivity index (χ3n) is 3.32. The highest BCUT2D eigenvalue weighted by molar-refractivity contribution is 6.73. The van der Waals surface area contributed by atoms with Crippen molar-refractivity contribution in [2.75, 3.05) is 25.6 Å². The Hall–Kier alpha value is -1.01. The summed E-state index contributed by atoms with van der Waals surface area (Å²) in [4.78, 5) is 8.64. The third kappa shape index (κ3) is 1.74. The first-order valence-electron chi connectivity index (χ1n) is 5.15. The summed E-state index contributed by atoms with van der Waals surface area (Å²) >= 11 is 0. The standard InChI is InChI=1S/C7H16B2N6/c1-8-13(3)6-15(9(2)14(8)4)7-10-5-11-12-7/h5H,6H2,1-4H3,(H,10,11,12). The van der Waals surface area contributed by atoms with E-state index >= 15 is 0 Å². The van der Waals surface area contributed by atoms with Crippen molar-refractivity contribution >= 4 is 19.9 Å². The second-order valence-electron chi connectivity index (χ2n) is 4.11. The zero-order valence-electron chi connectivity index (χ0n) is 9.68. The van der Waals surface area contributed by atoms with E-state index in [1.54, 1.807) is 6.33 Å². The Labute approximate surface area is 90.9 Å². The summed E-state index contributed by atoms with van der Waals surface area (Å²) < 4.78 is 2.30. The summed E-state index contributed by atoms with van der Waals surface area (Å²) in [7, 11) is 4.23. The zero-order chi connectivity index (χ0) is 11.0. The van der Waals surface area contributed by atoms with Crippen molar-refractivity contribution in [3.05, 3.63) is 6.33 Å². The summed E-state index contributed by atoms with van der Waals surface area (Å²) in [6.45, 7) is 6.01. The van der Waals surface area contributed by atoms with Gasteiger partial charge >= 0.3 is 6.98 Å². The van der Waals surface area contributed by atoms with Crippen LogP contribution in [0, 0.1) is 0 Å². The molecule has 1 saturated heterocycles. The minimum atomic E-state index is 0.323. The highest BCUT2D eigenvalue weighted by Gasteiger charge is 2.37. The molecule has 1 aliphatic rings. The minimum absolute atomic E-state index is 0.323. The molecule has 1 aromatic rings. The zero-order valence-corrected chi connectivity index (χ0v) is 9.68. The molecular weight excluding hydrogens is 190 g/mol.